The number of rotatable bonds is 5. The second kappa shape index (κ2) is 6.70. The van der Waals surface area contributed by atoms with Crippen molar-refractivity contribution < 1.29 is 4.74 Å². The van der Waals surface area contributed by atoms with Crippen molar-refractivity contribution in [2.45, 2.75) is 26.2 Å². The van der Waals surface area contributed by atoms with E-state index in [9.17, 15) is 4.79 Å². The van der Waals surface area contributed by atoms with E-state index in [-0.39, 0.29) is 5.56 Å². The maximum atomic E-state index is 11.9. The van der Waals surface area contributed by atoms with Crippen LogP contribution in [0.5, 0.6) is 5.75 Å². The highest BCUT2D eigenvalue weighted by Crippen LogP contribution is 2.16. The first-order valence-electron chi connectivity index (χ1n) is 6.54. The summed E-state index contributed by atoms with van der Waals surface area (Å²) < 4.78 is 5.73. The smallest absolute Gasteiger partial charge is 0.265 e. The summed E-state index contributed by atoms with van der Waals surface area (Å²) in [6, 6.07) is 7.76. The number of aromatic nitrogens is 2. The van der Waals surface area contributed by atoms with Gasteiger partial charge in [0, 0.05) is 6.42 Å². The third-order valence-electron chi connectivity index (χ3n) is 2.97. The van der Waals surface area contributed by atoms with Gasteiger partial charge < -0.3 is 9.72 Å². The summed E-state index contributed by atoms with van der Waals surface area (Å²) >= 11 is 3.30. The maximum Gasteiger partial charge on any atom is 0.265 e. The predicted molar refractivity (Wildman–Crippen MR) is 82.4 cm³/mol. The van der Waals surface area contributed by atoms with E-state index < -0.39 is 0 Å². The number of benzene rings is 1. The summed E-state index contributed by atoms with van der Waals surface area (Å²) in [6.07, 6.45) is 2.32. The topological polar surface area (TPSA) is 55.0 Å². The fourth-order valence-electron chi connectivity index (χ4n) is 2.02. The second-order valence-electron chi connectivity index (χ2n) is 4.55. The minimum absolute atomic E-state index is 0.124. The van der Waals surface area contributed by atoms with Gasteiger partial charge in [-0.3, -0.25) is 4.79 Å². The van der Waals surface area contributed by atoms with Crippen molar-refractivity contribution in [2.75, 3.05) is 7.11 Å². The molecule has 1 aromatic heterocycles. The van der Waals surface area contributed by atoms with Crippen LogP contribution in [0.4, 0.5) is 0 Å². The molecule has 4 nitrogen and oxygen atoms in total. The molecule has 0 spiro atoms. The molecule has 0 radical (unpaired) electrons. The highest BCUT2D eigenvalue weighted by atomic mass is 79.9. The molecule has 2 rings (SSSR count). The zero-order valence-electron chi connectivity index (χ0n) is 11.6. The summed E-state index contributed by atoms with van der Waals surface area (Å²) in [4.78, 5) is 19.2. The van der Waals surface area contributed by atoms with Crippen LogP contribution in [0.2, 0.25) is 0 Å². The van der Waals surface area contributed by atoms with Gasteiger partial charge in [0.2, 0.25) is 0 Å². The summed E-state index contributed by atoms with van der Waals surface area (Å²) in [7, 11) is 1.64. The zero-order chi connectivity index (χ0) is 14.5. The summed E-state index contributed by atoms with van der Waals surface area (Å²) in [6.45, 7) is 2.07. The third kappa shape index (κ3) is 3.48. The minimum atomic E-state index is -0.124. The molecule has 1 heterocycles. The van der Waals surface area contributed by atoms with Crippen molar-refractivity contribution in [3.8, 4) is 5.75 Å². The molecular weight excluding hydrogens is 320 g/mol. The molecule has 20 heavy (non-hydrogen) atoms. The molecule has 1 aromatic carbocycles. The van der Waals surface area contributed by atoms with E-state index in [2.05, 4.69) is 32.8 Å². The predicted octanol–water partition coefficient (Wildman–Crippen LogP) is 3.08. The molecule has 0 fully saturated rings. The summed E-state index contributed by atoms with van der Waals surface area (Å²) in [5, 5.41) is 0. The first-order chi connectivity index (χ1) is 9.63. The lowest BCUT2D eigenvalue weighted by Crippen LogP contribution is -2.16. The molecule has 0 saturated heterocycles. The molecular formula is C15H17BrN2O2. The Morgan fingerprint density at radius 2 is 2.20 bits per heavy atom. The number of nitrogens with zero attached hydrogens (tertiary/aromatic N) is 1. The molecule has 5 heteroatoms. The van der Waals surface area contributed by atoms with Gasteiger partial charge in [0.1, 0.15) is 16.0 Å². The van der Waals surface area contributed by atoms with Crippen molar-refractivity contribution in [3.63, 3.8) is 0 Å². The molecule has 0 saturated carbocycles. The molecule has 0 aliphatic carbocycles. The maximum absolute atomic E-state index is 11.9. The van der Waals surface area contributed by atoms with Gasteiger partial charge >= 0.3 is 0 Å². The quantitative estimate of drug-likeness (QED) is 0.912. The molecule has 0 unspecified atom stereocenters. The zero-order valence-corrected chi connectivity index (χ0v) is 13.2. The normalized spacial score (nSPS) is 10.6. The van der Waals surface area contributed by atoms with Crippen molar-refractivity contribution in [1.29, 1.82) is 0 Å². The number of halogens is 1. The van der Waals surface area contributed by atoms with Crippen LogP contribution in [-0.2, 0) is 12.8 Å². The molecule has 1 N–H and O–H groups in total. The van der Waals surface area contributed by atoms with Crippen LogP contribution in [0.1, 0.15) is 30.4 Å². The lowest BCUT2D eigenvalue weighted by atomic mass is 10.1. The largest absolute Gasteiger partial charge is 0.497 e. The number of hydrogen-bond acceptors (Lipinski definition) is 3. The van der Waals surface area contributed by atoms with Crippen LogP contribution >= 0.6 is 15.9 Å². The van der Waals surface area contributed by atoms with Crippen LogP contribution in [-0.4, -0.2) is 17.1 Å². The van der Waals surface area contributed by atoms with E-state index in [1.807, 2.05) is 24.3 Å². The average molecular weight is 337 g/mol. The SMILES string of the molecule is CCCc1nc(Cc2cccc(OC)c2)[nH]c(=O)c1Br. The van der Waals surface area contributed by atoms with E-state index in [1.165, 1.54) is 0 Å². The van der Waals surface area contributed by atoms with E-state index in [0.717, 1.165) is 29.8 Å². The Labute approximate surface area is 126 Å². The number of H-pyrrole nitrogens is 1. The standard InChI is InChI=1S/C15H17BrN2O2/c1-3-5-12-14(16)15(19)18-13(17-12)9-10-6-4-7-11(8-10)20-2/h4,6-8H,3,5,9H2,1-2H3,(H,17,18,19). The molecule has 0 bridgehead atoms. The third-order valence-corrected chi connectivity index (χ3v) is 3.79. The fourth-order valence-corrected chi connectivity index (χ4v) is 2.40. The van der Waals surface area contributed by atoms with Gasteiger partial charge in [-0.05, 0) is 40.0 Å². The van der Waals surface area contributed by atoms with E-state index in [4.69, 9.17) is 4.74 Å². The highest BCUT2D eigenvalue weighted by Gasteiger charge is 2.09. The van der Waals surface area contributed by atoms with Gasteiger partial charge in [-0.15, -0.1) is 0 Å². The van der Waals surface area contributed by atoms with E-state index >= 15 is 0 Å². The Morgan fingerprint density at radius 1 is 1.40 bits per heavy atom. The van der Waals surface area contributed by atoms with Crippen LogP contribution in [0.15, 0.2) is 33.5 Å². The monoisotopic (exact) mass is 336 g/mol. The number of aromatic amines is 1. The minimum Gasteiger partial charge on any atom is -0.497 e. The molecule has 0 aliphatic rings. The number of nitrogens with one attached hydrogen (secondary N) is 1. The van der Waals surface area contributed by atoms with Crippen molar-refractivity contribution >= 4 is 15.9 Å². The Hall–Kier alpha value is -1.62. The van der Waals surface area contributed by atoms with Crippen LogP contribution in [0.3, 0.4) is 0 Å². The average Bonchev–Trinajstić information content (AvgIpc) is 2.44. The molecule has 0 atom stereocenters. The van der Waals surface area contributed by atoms with Gasteiger partial charge in [-0.2, -0.15) is 0 Å². The van der Waals surface area contributed by atoms with Gasteiger partial charge in [0.05, 0.1) is 12.8 Å². The lowest BCUT2D eigenvalue weighted by Gasteiger charge is -2.07. The second-order valence-corrected chi connectivity index (χ2v) is 5.34. The first kappa shape index (κ1) is 14.8. The lowest BCUT2D eigenvalue weighted by molar-refractivity contribution is 0.414. The van der Waals surface area contributed by atoms with E-state index in [1.54, 1.807) is 7.11 Å². The number of methoxy groups -OCH3 is 1. The van der Waals surface area contributed by atoms with Gasteiger partial charge in [-0.1, -0.05) is 25.5 Å². The van der Waals surface area contributed by atoms with Crippen molar-refractivity contribution in [2.24, 2.45) is 0 Å². The van der Waals surface area contributed by atoms with Gasteiger partial charge in [0.15, 0.2) is 0 Å². The Bertz CT molecular complexity index is 653. The van der Waals surface area contributed by atoms with Crippen molar-refractivity contribution in [3.05, 3.63) is 56.2 Å². The molecule has 106 valence electrons. The summed E-state index contributed by atoms with van der Waals surface area (Å²) in [5.74, 6) is 1.48. The first-order valence-corrected chi connectivity index (χ1v) is 7.33. The molecule has 0 amide bonds. The number of aryl methyl sites for hydroxylation is 1. The Morgan fingerprint density at radius 3 is 2.90 bits per heavy atom. The van der Waals surface area contributed by atoms with Gasteiger partial charge in [-0.25, -0.2) is 4.98 Å². The summed E-state index contributed by atoms with van der Waals surface area (Å²) in [5.41, 5.74) is 1.74. The molecule has 2 aromatic rings. The van der Waals surface area contributed by atoms with Gasteiger partial charge in [0.25, 0.3) is 5.56 Å². The number of hydrogen-bond donors (Lipinski definition) is 1. The number of ether oxygens (including phenoxy) is 1. The van der Waals surface area contributed by atoms with Crippen LogP contribution in [0, 0.1) is 0 Å². The fraction of sp³-hybridized carbons (Fsp3) is 0.333. The molecule has 0 aliphatic heterocycles. The Balaban J connectivity index is 2.31. The van der Waals surface area contributed by atoms with Crippen LogP contribution < -0.4 is 10.3 Å². The van der Waals surface area contributed by atoms with Crippen molar-refractivity contribution in [1.82, 2.24) is 9.97 Å². The van der Waals surface area contributed by atoms with E-state index in [0.29, 0.717) is 16.7 Å². The highest BCUT2D eigenvalue weighted by molar-refractivity contribution is 9.10. The van der Waals surface area contributed by atoms with Crippen LogP contribution in [0.25, 0.3) is 0 Å². The Kier molecular flexibility index (Phi) is 4.95.